The lowest BCUT2D eigenvalue weighted by Crippen LogP contribution is -2.46. The summed E-state index contributed by atoms with van der Waals surface area (Å²) in [6.45, 7) is 0. The number of carbonyl (C=O) groups is 2. The molecular formula is C17H23N3O2S. The average molecular weight is 333 g/mol. The summed E-state index contributed by atoms with van der Waals surface area (Å²) >= 11 is 1.65. The lowest BCUT2D eigenvalue weighted by atomic mass is 10.1. The van der Waals surface area contributed by atoms with Crippen molar-refractivity contribution in [3.63, 3.8) is 0 Å². The summed E-state index contributed by atoms with van der Waals surface area (Å²) < 4.78 is 0. The Morgan fingerprint density at radius 1 is 1.22 bits per heavy atom. The zero-order valence-corrected chi connectivity index (χ0v) is 14.2. The molecule has 23 heavy (non-hydrogen) atoms. The van der Waals surface area contributed by atoms with Gasteiger partial charge in [0.15, 0.2) is 0 Å². The lowest BCUT2D eigenvalue weighted by Gasteiger charge is -2.17. The molecule has 2 rings (SSSR count). The highest BCUT2D eigenvalue weighted by molar-refractivity contribution is 7.98. The van der Waals surface area contributed by atoms with Crippen molar-refractivity contribution in [2.24, 2.45) is 5.10 Å². The second-order valence-corrected chi connectivity index (χ2v) is 6.52. The number of nitrogens with zero attached hydrogens (tertiary/aromatic N) is 1. The molecule has 1 aromatic carbocycles. The first-order chi connectivity index (χ1) is 11.2. The molecule has 1 unspecified atom stereocenters. The summed E-state index contributed by atoms with van der Waals surface area (Å²) in [7, 11) is 0. The van der Waals surface area contributed by atoms with Gasteiger partial charge >= 0.3 is 0 Å². The van der Waals surface area contributed by atoms with Gasteiger partial charge in [-0.15, -0.1) is 0 Å². The van der Waals surface area contributed by atoms with Crippen LogP contribution in [0.5, 0.6) is 0 Å². The van der Waals surface area contributed by atoms with E-state index in [1.807, 2.05) is 12.3 Å². The minimum absolute atomic E-state index is 0.236. The maximum atomic E-state index is 12.3. The Morgan fingerprint density at radius 3 is 2.57 bits per heavy atom. The maximum absolute atomic E-state index is 12.3. The van der Waals surface area contributed by atoms with Crippen LogP contribution >= 0.6 is 11.8 Å². The number of thioether (sulfide) groups is 1. The first kappa shape index (κ1) is 17.5. The van der Waals surface area contributed by atoms with Crippen molar-refractivity contribution in [3.05, 3.63) is 35.9 Å². The molecule has 1 fully saturated rings. The van der Waals surface area contributed by atoms with E-state index >= 15 is 0 Å². The van der Waals surface area contributed by atoms with Crippen LogP contribution in [0.15, 0.2) is 35.4 Å². The second-order valence-electron chi connectivity index (χ2n) is 5.53. The smallest absolute Gasteiger partial charge is 0.262 e. The van der Waals surface area contributed by atoms with E-state index in [9.17, 15) is 9.59 Å². The number of rotatable bonds is 7. The predicted octanol–water partition coefficient (Wildman–Crippen LogP) is 2.58. The number of hydrogen-bond acceptors (Lipinski definition) is 4. The first-order valence-electron chi connectivity index (χ1n) is 7.91. The summed E-state index contributed by atoms with van der Waals surface area (Å²) in [5, 5.41) is 7.00. The van der Waals surface area contributed by atoms with Gasteiger partial charge in [-0.25, -0.2) is 5.43 Å². The Morgan fingerprint density at radius 2 is 1.91 bits per heavy atom. The topological polar surface area (TPSA) is 70.6 Å². The van der Waals surface area contributed by atoms with Crippen molar-refractivity contribution >= 4 is 29.3 Å². The van der Waals surface area contributed by atoms with Gasteiger partial charge in [-0.2, -0.15) is 16.9 Å². The Balaban J connectivity index is 1.96. The van der Waals surface area contributed by atoms with Crippen molar-refractivity contribution in [2.45, 2.75) is 38.1 Å². The van der Waals surface area contributed by atoms with E-state index < -0.39 is 6.04 Å². The number of carbonyl (C=O) groups excluding carboxylic acids is 2. The highest BCUT2D eigenvalue weighted by Crippen LogP contribution is 2.14. The van der Waals surface area contributed by atoms with Crippen LogP contribution in [-0.2, 0) is 4.79 Å². The molecule has 1 aromatic rings. The van der Waals surface area contributed by atoms with Crippen LogP contribution in [-0.4, -0.2) is 35.6 Å². The van der Waals surface area contributed by atoms with Crippen molar-refractivity contribution in [1.82, 2.24) is 10.7 Å². The van der Waals surface area contributed by atoms with Crippen molar-refractivity contribution in [3.8, 4) is 0 Å². The summed E-state index contributed by atoms with van der Waals surface area (Å²) in [4.78, 5) is 24.6. The number of hydrogen-bond donors (Lipinski definition) is 2. The molecule has 0 saturated heterocycles. The van der Waals surface area contributed by atoms with Gasteiger partial charge in [0.25, 0.3) is 11.8 Å². The molecular weight excluding hydrogens is 310 g/mol. The van der Waals surface area contributed by atoms with E-state index in [2.05, 4.69) is 15.8 Å². The molecule has 2 amide bonds. The van der Waals surface area contributed by atoms with E-state index in [1.54, 1.807) is 36.0 Å². The standard InChI is InChI=1S/C17H23N3O2S/c1-23-12-11-15(17(22)20-19-14-9-5-6-10-14)18-16(21)13-7-3-2-4-8-13/h2-4,7-8,15H,5-6,9-12H2,1H3,(H,18,21)(H,20,22). The molecule has 0 spiro atoms. The first-order valence-corrected chi connectivity index (χ1v) is 9.30. The van der Waals surface area contributed by atoms with Gasteiger partial charge in [0.05, 0.1) is 0 Å². The summed E-state index contributed by atoms with van der Waals surface area (Å²) in [5.41, 5.74) is 4.21. The fourth-order valence-electron chi connectivity index (χ4n) is 2.44. The molecule has 1 saturated carbocycles. The van der Waals surface area contributed by atoms with Crippen molar-refractivity contribution in [1.29, 1.82) is 0 Å². The molecule has 1 aliphatic carbocycles. The quantitative estimate of drug-likeness (QED) is 0.754. The van der Waals surface area contributed by atoms with E-state index in [1.165, 1.54) is 0 Å². The van der Waals surface area contributed by atoms with Crippen LogP contribution in [0.1, 0.15) is 42.5 Å². The van der Waals surface area contributed by atoms with Gasteiger partial charge in [0.2, 0.25) is 0 Å². The largest absolute Gasteiger partial charge is 0.340 e. The molecule has 0 bridgehead atoms. The molecule has 6 heteroatoms. The molecule has 5 nitrogen and oxygen atoms in total. The SMILES string of the molecule is CSCCC(NC(=O)c1ccccc1)C(=O)NN=C1CCCC1. The average Bonchev–Trinajstić information content (AvgIpc) is 3.10. The summed E-state index contributed by atoms with van der Waals surface area (Å²) in [6, 6.07) is 8.36. The van der Waals surface area contributed by atoms with Crippen LogP contribution < -0.4 is 10.7 Å². The third kappa shape index (κ3) is 5.71. The number of nitrogens with one attached hydrogen (secondary N) is 2. The van der Waals surface area contributed by atoms with Gasteiger partial charge in [0.1, 0.15) is 6.04 Å². The Hall–Kier alpha value is -1.82. The van der Waals surface area contributed by atoms with E-state index in [-0.39, 0.29) is 11.8 Å². The highest BCUT2D eigenvalue weighted by Gasteiger charge is 2.21. The van der Waals surface area contributed by atoms with Crippen LogP contribution in [0.3, 0.4) is 0 Å². The fourth-order valence-corrected chi connectivity index (χ4v) is 2.91. The monoisotopic (exact) mass is 333 g/mol. The lowest BCUT2D eigenvalue weighted by molar-refractivity contribution is -0.123. The Labute approximate surface area is 141 Å². The third-order valence-electron chi connectivity index (χ3n) is 3.77. The number of hydrazone groups is 1. The molecule has 0 heterocycles. The highest BCUT2D eigenvalue weighted by atomic mass is 32.2. The molecule has 0 aromatic heterocycles. The predicted molar refractivity (Wildman–Crippen MR) is 94.7 cm³/mol. The van der Waals surface area contributed by atoms with Crippen LogP contribution in [0.4, 0.5) is 0 Å². The molecule has 0 aliphatic heterocycles. The zero-order chi connectivity index (χ0) is 16.5. The molecule has 1 atom stereocenters. The molecule has 1 aliphatic rings. The fraction of sp³-hybridized carbons (Fsp3) is 0.471. The van der Waals surface area contributed by atoms with Crippen LogP contribution in [0, 0.1) is 0 Å². The van der Waals surface area contributed by atoms with E-state index in [0.717, 1.165) is 37.1 Å². The van der Waals surface area contributed by atoms with Gasteiger partial charge in [-0.3, -0.25) is 9.59 Å². The van der Waals surface area contributed by atoms with Crippen LogP contribution in [0.25, 0.3) is 0 Å². The Kier molecular flexibility index (Phi) is 7.13. The van der Waals surface area contributed by atoms with Crippen molar-refractivity contribution in [2.75, 3.05) is 12.0 Å². The Bertz CT molecular complexity index is 552. The molecule has 124 valence electrons. The summed E-state index contributed by atoms with van der Waals surface area (Å²) in [5.74, 6) is 0.312. The van der Waals surface area contributed by atoms with Gasteiger partial charge in [0, 0.05) is 11.3 Å². The minimum Gasteiger partial charge on any atom is -0.340 e. The summed E-state index contributed by atoms with van der Waals surface area (Å²) in [6.07, 6.45) is 6.73. The molecule has 2 N–H and O–H groups in total. The van der Waals surface area contributed by atoms with Gasteiger partial charge < -0.3 is 5.32 Å². The number of benzene rings is 1. The normalized spacial score (nSPS) is 15.1. The number of amides is 2. The van der Waals surface area contributed by atoms with E-state index in [4.69, 9.17) is 0 Å². The minimum atomic E-state index is -0.569. The molecule has 0 radical (unpaired) electrons. The second kappa shape index (κ2) is 9.35. The van der Waals surface area contributed by atoms with Crippen LogP contribution in [0.2, 0.25) is 0 Å². The maximum Gasteiger partial charge on any atom is 0.262 e. The zero-order valence-electron chi connectivity index (χ0n) is 13.4. The van der Waals surface area contributed by atoms with Crippen molar-refractivity contribution < 1.29 is 9.59 Å². The van der Waals surface area contributed by atoms with Gasteiger partial charge in [-0.1, -0.05) is 18.2 Å². The van der Waals surface area contributed by atoms with E-state index in [0.29, 0.717) is 12.0 Å². The third-order valence-corrected chi connectivity index (χ3v) is 4.42. The van der Waals surface area contributed by atoms with Gasteiger partial charge in [-0.05, 0) is 56.2 Å².